The molecule has 1 aromatic rings. The van der Waals surface area contributed by atoms with Crippen molar-refractivity contribution in [2.75, 3.05) is 26.2 Å². The third kappa shape index (κ3) is 6.31. The standard InChI is InChI=1S/C25H39N3O2/c1-18(2)25(30)28-11-5-6-23(17-28)24(29)26-13-21-7-9-22(10-8-21)16-27-14-19(3)12-20(4)15-27/h7-10,18-20,23H,5-6,11-17H2,1-4H3,(H,26,29)/t19-,20-,23+/m0/s1. The van der Waals surface area contributed by atoms with E-state index in [1.807, 2.05) is 18.7 Å². The highest BCUT2D eigenvalue weighted by Gasteiger charge is 2.29. The van der Waals surface area contributed by atoms with Gasteiger partial charge in [-0.3, -0.25) is 14.5 Å². The van der Waals surface area contributed by atoms with Crippen LogP contribution in [0.25, 0.3) is 0 Å². The second-order valence-electron chi connectivity index (χ2n) is 9.95. The average molecular weight is 414 g/mol. The fourth-order valence-corrected chi connectivity index (χ4v) is 5.03. The maximum absolute atomic E-state index is 12.6. The molecule has 0 bridgehead atoms. The van der Waals surface area contributed by atoms with E-state index in [0.29, 0.717) is 13.1 Å². The molecule has 2 aliphatic heterocycles. The van der Waals surface area contributed by atoms with Crippen LogP contribution in [-0.4, -0.2) is 47.8 Å². The van der Waals surface area contributed by atoms with Crippen molar-refractivity contribution in [2.24, 2.45) is 23.7 Å². The SMILES string of the molecule is CC(C)C(=O)N1CCC[C@@H](C(=O)NCc2ccc(CN3C[C@@H](C)C[C@H](C)C3)cc2)C1. The molecule has 2 fully saturated rings. The Bertz CT molecular complexity index is 706. The van der Waals surface area contributed by atoms with Crippen LogP contribution in [0.5, 0.6) is 0 Å². The first kappa shape index (κ1) is 22.8. The van der Waals surface area contributed by atoms with Gasteiger partial charge in [0.1, 0.15) is 0 Å². The minimum atomic E-state index is -0.0937. The van der Waals surface area contributed by atoms with Crippen LogP contribution in [0.4, 0.5) is 0 Å². The van der Waals surface area contributed by atoms with Crippen LogP contribution < -0.4 is 5.32 Å². The van der Waals surface area contributed by atoms with Crippen LogP contribution in [0, 0.1) is 23.7 Å². The molecule has 2 aliphatic rings. The monoisotopic (exact) mass is 413 g/mol. The van der Waals surface area contributed by atoms with E-state index in [4.69, 9.17) is 0 Å². The van der Waals surface area contributed by atoms with Gasteiger partial charge < -0.3 is 10.2 Å². The molecule has 0 spiro atoms. The van der Waals surface area contributed by atoms with E-state index >= 15 is 0 Å². The van der Waals surface area contributed by atoms with E-state index in [-0.39, 0.29) is 23.7 Å². The number of amides is 2. The number of carbonyl (C=O) groups is 2. The Labute approximate surface area is 182 Å². The lowest BCUT2D eigenvalue weighted by molar-refractivity contribution is -0.138. The number of nitrogens with zero attached hydrogens (tertiary/aromatic N) is 2. The predicted molar refractivity (Wildman–Crippen MR) is 121 cm³/mol. The van der Waals surface area contributed by atoms with Gasteiger partial charge in [0, 0.05) is 45.2 Å². The molecule has 5 nitrogen and oxygen atoms in total. The van der Waals surface area contributed by atoms with E-state index in [9.17, 15) is 9.59 Å². The summed E-state index contributed by atoms with van der Waals surface area (Å²) in [6.07, 6.45) is 3.10. The summed E-state index contributed by atoms with van der Waals surface area (Å²) in [7, 11) is 0. The molecule has 2 heterocycles. The van der Waals surface area contributed by atoms with Crippen molar-refractivity contribution in [3.05, 3.63) is 35.4 Å². The summed E-state index contributed by atoms with van der Waals surface area (Å²) in [5.41, 5.74) is 2.46. The second kappa shape index (κ2) is 10.4. The minimum absolute atomic E-state index is 0.0123. The number of hydrogen-bond acceptors (Lipinski definition) is 3. The molecule has 3 atom stereocenters. The molecule has 0 unspecified atom stereocenters. The van der Waals surface area contributed by atoms with Crippen LogP contribution in [0.1, 0.15) is 58.1 Å². The second-order valence-corrected chi connectivity index (χ2v) is 9.95. The predicted octanol–water partition coefficient (Wildman–Crippen LogP) is 3.68. The molecule has 3 rings (SSSR count). The van der Waals surface area contributed by atoms with E-state index in [1.54, 1.807) is 0 Å². The third-order valence-corrected chi connectivity index (χ3v) is 6.44. The fraction of sp³-hybridized carbons (Fsp3) is 0.680. The zero-order valence-corrected chi connectivity index (χ0v) is 19.2. The van der Waals surface area contributed by atoms with E-state index in [1.165, 1.54) is 25.1 Å². The maximum Gasteiger partial charge on any atom is 0.225 e. The van der Waals surface area contributed by atoms with Gasteiger partial charge in [-0.25, -0.2) is 0 Å². The van der Waals surface area contributed by atoms with Gasteiger partial charge in [-0.15, -0.1) is 0 Å². The van der Waals surface area contributed by atoms with Gasteiger partial charge >= 0.3 is 0 Å². The Balaban J connectivity index is 1.46. The molecule has 0 radical (unpaired) electrons. The Morgan fingerprint density at radius 1 is 1.03 bits per heavy atom. The highest BCUT2D eigenvalue weighted by Crippen LogP contribution is 2.23. The fourth-order valence-electron chi connectivity index (χ4n) is 5.03. The lowest BCUT2D eigenvalue weighted by Crippen LogP contribution is -2.46. The normalized spacial score (nSPS) is 25.4. The number of likely N-dealkylation sites (tertiary alicyclic amines) is 2. The summed E-state index contributed by atoms with van der Waals surface area (Å²) in [5.74, 6) is 1.66. The van der Waals surface area contributed by atoms with Crippen molar-refractivity contribution in [1.29, 1.82) is 0 Å². The van der Waals surface area contributed by atoms with Crippen molar-refractivity contribution in [2.45, 2.75) is 60.0 Å². The first-order chi connectivity index (χ1) is 14.3. The van der Waals surface area contributed by atoms with Crippen molar-refractivity contribution in [1.82, 2.24) is 15.1 Å². The van der Waals surface area contributed by atoms with Gasteiger partial charge in [-0.2, -0.15) is 0 Å². The van der Waals surface area contributed by atoms with Gasteiger partial charge in [-0.1, -0.05) is 52.0 Å². The molecule has 1 N–H and O–H groups in total. The zero-order chi connectivity index (χ0) is 21.7. The van der Waals surface area contributed by atoms with Crippen molar-refractivity contribution >= 4 is 11.8 Å². The quantitative estimate of drug-likeness (QED) is 0.774. The van der Waals surface area contributed by atoms with E-state index in [2.05, 4.69) is 48.3 Å². The number of carbonyl (C=O) groups excluding carboxylic acids is 2. The summed E-state index contributed by atoms with van der Waals surface area (Å²) < 4.78 is 0. The van der Waals surface area contributed by atoms with Crippen molar-refractivity contribution in [3.8, 4) is 0 Å². The molecule has 0 saturated carbocycles. The van der Waals surface area contributed by atoms with Gasteiger partial charge in [0.15, 0.2) is 0 Å². The first-order valence-corrected chi connectivity index (χ1v) is 11.7. The van der Waals surface area contributed by atoms with Crippen molar-refractivity contribution < 1.29 is 9.59 Å². The Morgan fingerprint density at radius 2 is 1.67 bits per heavy atom. The van der Waals surface area contributed by atoms with E-state index in [0.717, 1.165) is 43.3 Å². The molecule has 2 amide bonds. The number of hydrogen-bond donors (Lipinski definition) is 1. The Kier molecular flexibility index (Phi) is 7.93. The smallest absolute Gasteiger partial charge is 0.225 e. The zero-order valence-electron chi connectivity index (χ0n) is 19.2. The Morgan fingerprint density at radius 3 is 2.30 bits per heavy atom. The minimum Gasteiger partial charge on any atom is -0.352 e. The molecule has 1 aromatic carbocycles. The molecule has 166 valence electrons. The highest BCUT2D eigenvalue weighted by molar-refractivity contribution is 5.82. The number of rotatable bonds is 6. The van der Waals surface area contributed by atoms with Crippen LogP contribution in [-0.2, 0) is 22.7 Å². The summed E-state index contributed by atoms with van der Waals surface area (Å²) in [6.45, 7) is 13.8. The van der Waals surface area contributed by atoms with Crippen molar-refractivity contribution in [3.63, 3.8) is 0 Å². The van der Waals surface area contributed by atoms with Crippen LogP contribution >= 0.6 is 0 Å². The largest absolute Gasteiger partial charge is 0.352 e. The topological polar surface area (TPSA) is 52.7 Å². The number of piperidine rings is 2. The molecule has 0 aromatic heterocycles. The first-order valence-electron chi connectivity index (χ1n) is 11.7. The summed E-state index contributed by atoms with van der Waals surface area (Å²) in [4.78, 5) is 29.3. The van der Waals surface area contributed by atoms with Gasteiger partial charge in [0.25, 0.3) is 0 Å². The molecule has 0 aliphatic carbocycles. The maximum atomic E-state index is 12.6. The highest BCUT2D eigenvalue weighted by atomic mass is 16.2. The van der Waals surface area contributed by atoms with Gasteiger partial charge in [0.05, 0.1) is 5.92 Å². The third-order valence-electron chi connectivity index (χ3n) is 6.44. The van der Waals surface area contributed by atoms with E-state index < -0.39 is 0 Å². The molecular weight excluding hydrogens is 374 g/mol. The summed E-state index contributed by atoms with van der Waals surface area (Å²) >= 11 is 0. The van der Waals surface area contributed by atoms with Crippen LogP contribution in [0.3, 0.4) is 0 Å². The molecular formula is C25H39N3O2. The Hall–Kier alpha value is -1.88. The van der Waals surface area contributed by atoms with Gasteiger partial charge in [-0.05, 0) is 42.2 Å². The van der Waals surface area contributed by atoms with Crippen LogP contribution in [0.15, 0.2) is 24.3 Å². The molecule has 5 heteroatoms. The average Bonchev–Trinajstić information content (AvgIpc) is 2.71. The van der Waals surface area contributed by atoms with Gasteiger partial charge in [0.2, 0.25) is 11.8 Å². The molecule has 2 saturated heterocycles. The lowest BCUT2D eigenvalue weighted by atomic mass is 9.91. The summed E-state index contributed by atoms with van der Waals surface area (Å²) in [5, 5.41) is 3.08. The van der Waals surface area contributed by atoms with Crippen LogP contribution in [0.2, 0.25) is 0 Å². The summed E-state index contributed by atoms with van der Waals surface area (Å²) in [6, 6.07) is 8.63. The molecule has 30 heavy (non-hydrogen) atoms. The lowest BCUT2D eigenvalue weighted by Gasteiger charge is -2.35. The number of nitrogens with one attached hydrogen (secondary N) is 1. The number of benzene rings is 1.